The molecule has 2 aromatic rings. The van der Waals surface area contributed by atoms with Crippen LogP contribution < -0.4 is 5.73 Å². The zero-order chi connectivity index (χ0) is 20.4. The molecule has 1 unspecified atom stereocenters. The van der Waals surface area contributed by atoms with Crippen molar-refractivity contribution in [2.75, 3.05) is 0 Å². The van der Waals surface area contributed by atoms with Crippen LogP contribution in [0.2, 0.25) is 0 Å². The fraction of sp³-hybridized carbons (Fsp3) is 0.350. The van der Waals surface area contributed by atoms with Gasteiger partial charge in [0.1, 0.15) is 6.04 Å². The van der Waals surface area contributed by atoms with E-state index in [1.807, 2.05) is 30.3 Å². The predicted molar refractivity (Wildman–Crippen MR) is 106 cm³/mol. The first-order chi connectivity index (χ1) is 12.3. The highest BCUT2D eigenvalue weighted by atomic mass is 31.2. The maximum atomic E-state index is 11.4. The first-order valence-corrected chi connectivity index (χ1v) is 10.4. The number of benzene rings is 2. The number of carboxylic acid groups (broad SMARTS) is 1. The lowest BCUT2D eigenvalue weighted by molar-refractivity contribution is -0.138. The molecule has 6 nitrogen and oxygen atoms in total. The highest BCUT2D eigenvalue weighted by molar-refractivity contribution is 7.50. The van der Waals surface area contributed by atoms with Crippen molar-refractivity contribution in [1.29, 1.82) is 0 Å². The maximum absolute atomic E-state index is 11.4. The van der Waals surface area contributed by atoms with Crippen molar-refractivity contribution in [2.24, 2.45) is 5.73 Å². The van der Waals surface area contributed by atoms with Crippen LogP contribution in [0, 0.1) is 0 Å². The quantitative estimate of drug-likeness (QED) is 0.561. The van der Waals surface area contributed by atoms with E-state index in [4.69, 9.17) is 10.8 Å². The lowest BCUT2D eigenvalue weighted by Gasteiger charge is -2.19. The molecule has 1 atom stereocenters. The zero-order valence-corrected chi connectivity index (χ0v) is 16.6. The van der Waals surface area contributed by atoms with Gasteiger partial charge in [0.05, 0.1) is 6.16 Å². The first-order valence-electron chi connectivity index (χ1n) is 8.62. The standard InChI is InChI=1S/C20H26NO5P/c1-20(2,3)17-6-4-15(5-7-17)16-9-13(11-18(21)19(22)23)8-14(10-16)12-27(24,25)26/h4-10,18H,11-12,21H2,1-3H3,(H,22,23)(H2,24,25,26). The molecule has 0 bridgehead atoms. The van der Waals surface area contributed by atoms with Gasteiger partial charge in [-0.25, -0.2) is 0 Å². The third-order valence-electron chi connectivity index (χ3n) is 4.30. The Morgan fingerprint density at radius 3 is 2.07 bits per heavy atom. The fourth-order valence-corrected chi connectivity index (χ4v) is 3.54. The number of carbonyl (C=O) groups is 1. The lowest BCUT2D eigenvalue weighted by Crippen LogP contribution is -2.32. The molecule has 2 rings (SSSR count). The molecule has 0 spiro atoms. The van der Waals surface area contributed by atoms with Crippen LogP contribution in [0.1, 0.15) is 37.5 Å². The molecule has 0 amide bonds. The van der Waals surface area contributed by atoms with Gasteiger partial charge in [0, 0.05) is 0 Å². The normalized spacial score (nSPS) is 13.4. The van der Waals surface area contributed by atoms with Crippen LogP contribution in [0.25, 0.3) is 11.1 Å². The van der Waals surface area contributed by atoms with Gasteiger partial charge in [-0.15, -0.1) is 0 Å². The molecule has 0 fully saturated rings. The Kier molecular flexibility index (Phi) is 6.28. The Morgan fingerprint density at radius 1 is 1.04 bits per heavy atom. The van der Waals surface area contributed by atoms with Crippen LogP contribution in [0.4, 0.5) is 0 Å². The van der Waals surface area contributed by atoms with E-state index in [1.54, 1.807) is 12.1 Å². The van der Waals surface area contributed by atoms with Gasteiger partial charge in [0.25, 0.3) is 0 Å². The summed E-state index contributed by atoms with van der Waals surface area (Å²) >= 11 is 0. The van der Waals surface area contributed by atoms with Crippen molar-refractivity contribution >= 4 is 13.6 Å². The van der Waals surface area contributed by atoms with Crippen molar-refractivity contribution < 1.29 is 24.3 Å². The van der Waals surface area contributed by atoms with Crippen molar-refractivity contribution in [3.8, 4) is 11.1 Å². The van der Waals surface area contributed by atoms with Gasteiger partial charge in [-0.2, -0.15) is 0 Å². The van der Waals surface area contributed by atoms with Gasteiger partial charge in [-0.3, -0.25) is 9.36 Å². The van der Waals surface area contributed by atoms with Crippen LogP contribution >= 0.6 is 7.60 Å². The molecule has 0 aliphatic rings. The molecule has 27 heavy (non-hydrogen) atoms. The van der Waals surface area contributed by atoms with E-state index >= 15 is 0 Å². The molecule has 0 saturated heterocycles. The van der Waals surface area contributed by atoms with Gasteiger partial charge >= 0.3 is 13.6 Å². The van der Waals surface area contributed by atoms with Crippen molar-refractivity contribution in [2.45, 2.75) is 44.8 Å². The van der Waals surface area contributed by atoms with E-state index < -0.39 is 25.8 Å². The Hall–Kier alpha value is -1.98. The molecule has 146 valence electrons. The van der Waals surface area contributed by atoms with Gasteiger partial charge in [0.2, 0.25) is 0 Å². The molecule has 0 radical (unpaired) electrons. The van der Waals surface area contributed by atoms with Crippen LogP contribution in [0.3, 0.4) is 0 Å². The summed E-state index contributed by atoms with van der Waals surface area (Å²) in [5.41, 5.74) is 9.56. The topological polar surface area (TPSA) is 121 Å². The molecule has 0 aliphatic carbocycles. The molecule has 5 N–H and O–H groups in total. The van der Waals surface area contributed by atoms with E-state index in [0.29, 0.717) is 11.1 Å². The summed E-state index contributed by atoms with van der Waals surface area (Å²) in [4.78, 5) is 29.7. The minimum atomic E-state index is -4.25. The second kappa shape index (κ2) is 7.95. The zero-order valence-electron chi connectivity index (χ0n) is 15.7. The van der Waals surface area contributed by atoms with E-state index in [-0.39, 0.29) is 11.8 Å². The highest BCUT2D eigenvalue weighted by Gasteiger charge is 2.18. The maximum Gasteiger partial charge on any atom is 0.329 e. The molecule has 7 heteroatoms. The summed E-state index contributed by atoms with van der Waals surface area (Å²) < 4.78 is 11.4. The first kappa shape index (κ1) is 21.3. The Morgan fingerprint density at radius 2 is 1.59 bits per heavy atom. The summed E-state index contributed by atoms with van der Waals surface area (Å²) in [5.74, 6) is -1.12. The smallest absolute Gasteiger partial charge is 0.329 e. The van der Waals surface area contributed by atoms with E-state index in [0.717, 1.165) is 11.1 Å². The van der Waals surface area contributed by atoms with Crippen molar-refractivity contribution in [3.63, 3.8) is 0 Å². The number of hydrogen-bond donors (Lipinski definition) is 4. The molecule has 0 heterocycles. The third-order valence-corrected chi connectivity index (χ3v) is 5.08. The monoisotopic (exact) mass is 391 g/mol. The Labute approximate surface area is 159 Å². The summed E-state index contributed by atoms with van der Waals surface area (Å²) in [7, 11) is -4.25. The fourth-order valence-electron chi connectivity index (χ4n) is 2.88. The molecule has 0 saturated carbocycles. The van der Waals surface area contributed by atoms with Gasteiger partial charge < -0.3 is 20.6 Å². The second-order valence-corrected chi connectivity index (χ2v) is 9.48. The predicted octanol–water partition coefficient (Wildman–Crippen LogP) is 3.28. The molecule has 0 aliphatic heterocycles. The van der Waals surface area contributed by atoms with Gasteiger partial charge in [0.15, 0.2) is 0 Å². The van der Waals surface area contributed by atoms with E-state index in [9.17, 15) is 19.1 Å². The lowest BCUT2D eigenvalue weighted by atomic mass is 9.86. The van der Waals surface area contributed by atoms with Crippen LogP contribution in [0.5, 0.6) is 0 Å². The summed E-state index contributed by atoms with van der Waals surface area (Å²) in [6.45, 7) is 6.36. The number of aliphatic carboxylic acids is 1. The minimum absolute atomic E-state index is 0.0141. The van der Waals surface area contributed by atoms with E-state index in [2.05, 4.69) is 20.8 Å². The van der Waals surface area contributed by atoms with Crippen LogP contribution in [-0.2, 0) is 27.4 Å². The number of hydrogen-bond acceptors (Lipinski definition) is 3. The Bertz CT molecular complexity index is 865. The van der Waals surface area contributed by atoms with Gasteiger partial charge in [-0.05, 0) is 39.7 Å². The van der Waals surface area contributed by atoms with Crippen molar-refractivity contribution in [1.82, 2.24) is 0 Å². The molecular weight excluding hydrogens is 365 g/mol. The van der Waals surface area contributed by atoms with Crippen LogP contribution in [0.15, 0.2) is 42.5 Å². The summed E-state index contributed by atoms with van der Waals surface area (Å²) in [6, 6.07) is 12.0. The number of nitrogens with two attached hydrogens (primary N) is 1. The largest absolute Gasteiger partial charge is 0.480 e. The average Bonchev–Trinajstić information content (AvgIpc) is 2.52. The van der Waals surface area contributed by atoms with Gasteiger partial charge in [-0.1, -0.05) is 63.2 Å². The molecule has 2 aromatic carbocycles. The Balaban J connectivity index is 2.46. The molecular formula is C20H26NO5P. The highest BCUT2D eigenvalue weighted by Crippen LogP contribution is 2.40. The van der Waals surface area contributed by atoms with Crippen molar-refractivity contribution in [3.05, 3.63) is 59.2 Å². The van der Waals surface area contributed by atoms with E-state index in [1.165, 1.54) is 5.56 Å². The summed E-state index contributed by atoms with van der Waals surface area (Å²) in [6.07, 6.45) is -0.326. The molecule has 0 aromatic heterocycles. The second-order valence-electron chi connectivity index (χ2n) is 7.84. The minimum Gasteiger partial charge on any atom is -0.480 e. The van der Waals surface area contributed by atoms with Crippen LogP contribution in [-0.4, -0.2) is 26.9 Å². The summed E-state index contributed by atoms with van der Waals surface area (Å²) in [5, 5.41) is 9.04. The number of rotatable bonds is 6. The average molecular weight is 391 g/mol. The number of carboxylic acids is 1. The third kappa shape index (κ3) is 6.29. The SMILES string of the molecule is CC(C)(C)c1ccc(-c2cc(CC(N)C(=O)O)cc(CP(=O)(O)O)c2)cc1.